The Kier molecular flexibility index (Phi) is 10.8. The minimum Gasteiger partial charge on any atom is -0.464 e. The normalized spacial score (nSPS) is 13.3. The predicted molar refractivity (Wildman–Crippen MR) is 91.4 cm³/mol. The van der Waals surface area contributed by atoms with Crippen molar-refractivity contribution in [3.63, 3.8) is 0 Å². The van der Waals surface area contributed by atoms with Crippen molar-refractivity contribution in [1.29, 1.82) is 0 Å². The number of rotatable bonds is 10. The number of ether oxygens (including phenoxy) is 2. The fraction of sp³-hybridized carbons (Fsp3) is 0.824. The third-order valence-electron chi connectivity index (χ3n) is 3.17. The molecular formula is C17H32N2O5. The molecule has 0 saturated carbocycles. The molecule has 0 aromatic carbocycles. The first kappa shape index (κ1) is 22.2. The van der Waals surface area contributed by atoms with E-state index >= 15 is 0 Å². The van der Waals surface area contributed by atoms with Gasteiger partial charge in [-0.2, -0.15) is 0 Å². The largest absolute Gasteiger partial charge is 0.464 e. The van der Waals surface area contributed by atoms with Gasteiger partial charge in [-0.15, -0.1) is 0 Å². The van der Waals surface area contributed by atoms with Gasteiger partial charge < -0.3 is 20.1 Å². The van der Waals surface area contributed by atoms with Crippen molar-refractivity contribution in [2.24, 2.45) is 11.8 Å². The summed E-state index contributed by atoms with van der Waals surface area (Å²) in [6, 6.07) is -2.06. The molecule has 0 aliphatic carbocycles. The van der Waals surface area contributed by atoms with Gasteiger partial charge in [0.05, 0.1) is 13.2 Å². The van der Waals surface area contributed by atoms with Crippen molar-refractivity contribution < 1.29 is 23.9 Å². The van der Waals surface area contributed by atoms with E-state index in [4.69, 9.17) is 9.47 Å². The van der Waals surface area contributed by atoms with Crippen LogP contribution in [0.1, 0.15) is 54.4 Å². The van der Waals surface area contributed by atoms with Gasteiger partial charge in [-0.25, -0.2) is 14.4 Å². The lowest BCUT2D eigenvalue weighted by molar-refractivity contribution is -0.146. The maximum Gasteiger partial charge on any atom is 0.328 e. The van der Waals surface area contributed by atoms with E-state index in [1.807, 2.05) is 27.7 Å². The highest BCUT2D eigenvalue weighted by Gasteiger charge is 2.27. The number of urea groups is 1. The van der Waals surface area contributed by atoms with Gasteiger partial charge in [-0.3, -0.25) is 0 Å². The highest BCUT2D eigenvalue weighted by molar-refractivity contribution is 5.87. The van der Waals surface area contributed by atoms with Crippen LogP contribution < -0.4 is 10.6 Å². The molecule has 2 atom stereocenters. The Balaban J connectivity index is 4.86. The number of esters is 2. The molecule has 7 heteroatoms. The molecule has 0 saturated heterocycles. The minimum atomic E-state index is -0.744. The van der Waals surface area contributed by atoms with Crippen LogP contribution in [0.25, 0.3) is 0 Å². The van der Waals surface area contributed by atoms with Gasteiger partial charge in [0.25, 0.3) is 0 Å². The number of nitrogens with one attached hydrogen (secondary N) is 2. The van der Waals surface area contributed by atoms with Gasteiger partial charge in [-0.1, -0.05) is 27.7 Å². The maximum atomic E-state index is 12.2. The van der Waals surface area contributed by atoms with Crippen LogP contribution in [-0.4, -0.2) is 43.3 Å². The highest BCUT2D eigenvalue weighted by Crippen LogP contribution is 2.09. The third-order valence-corrected chi connectivity index (χ3v) is 3.17. The lowest BCUT2D eigenvalue weighted by Gasteiger charge is -2.22. The zero-order valence-electron chi connectivity index (χ0n) is 15.7. The molecule has 0 heterocycles. The molecule has 2 unspecified atom stereocenters. The molecule has 0 radical (unpaired) electrons. The van der Waals surface area contributed by atoms with E-state index < -0.39 is 30.1 Å². The number of amides is 2. The van der Waals surface area contributed by atoms with Gasteiger partial charge >= 0.3 is 18.0 Å². The van der Waals surface area contributed by atoms with E-state index in [-0.39, 0.29) is 25.0 Å². The Labute approximate surface area is 144 Å². The quantitative estimate of drug-likeness (QED) is 0.593. The summed E-state index contributed by atoms with van der Waals surface area (Å²) < 4.78 is 9.98. The van der Waals surface area contributed by atoms with Crippen molar-refractivity contribution in [3.05, 3.63) is 0 Å². The van der Waals surface area contributed by atoms with Gasteiger partial charge in [0.15, 0.2) is 0 Å². The average Bonchev–Trinajstić information content (AvgIpc) is 2.45. The van der Waals surface area contributed by atoms with Crippen molar-refractivity contribution in [3.8, 4) is 0 Å². The Hall–Kier alpha value is -1.79. The van der Waals surface area contributed by atoms with E-state index in [0.29, 0.717) is 12.8 Å². The molecule has 0 bridgehead atoms. The first-order chi connectivity index (χ1) is 11.2. The standard InChI is InChI=1S/C17H32N2O5/c1-7-23-15(20)13(9-11(3)4)18-17(22)19-14(10-12(5)6)16(21)24-8-2/h11-14H,7-10H2,1-6H3,(H2,18,19,22). The summed E-state index contributed by atoms with van der Waals surface area (Å²) in [6.45, 7) is 11.7. The zero-order chi connectivity index (χ0) is 18.7. The fourth-order valence-corrected chi connectivity index (χ4v) is 2.21. The molecule has 2 N–H and O–H groups in total. The fourth-order valence-electron chi connectivity index (χ4n) is 2.21. The molecule has 24 heavy (non-hydrogen) atoms. The topological polar surface area (TPSA) is 93.7 Å². The third kappa shape index (κ3) is 9.37. The summed E-state index contributed by atoms with van der Waals surface area (Å²) in [6.07, 6.45) is 0.918. The second-order valence-electron chi connectivity index (χ2n) is 6.49. The molecule has 0 aliphatic heterocycles. The summed E-state index contributed by atoms with van der Waals surface area (Å²) in [5.74, 6) is -0.539. The van der Waals surface area contributed by atoms with Gasteiger partial charge in [0.2, 0.25) is 0 Å². The minimum absolute atomic E-state index is 0.205. The molecular weight excluding hydrogens is 312 g/mol. The maximum absolute atomic E-state index is 12.2. The smallest absolute Gasteiger partial charge is 0.328 e. The Bertz CT molecular complexity index is 374. The van der Waals surface area contributed by atoms with Gasteiger partial charge in [-0.05, 0) is 38.5 Å². The van der Waals surface area contributed by atoms with Crippen LogP contribution >= 0.6 is 0 Å². The Morgan fingerprint density at radius 1 is 0.750 bits per heavy atom. The molecule has 0 aliphatic rings. The number of carbonyl (C=O) groups is 3. The molecule has 0 aromatic rings. The second-order valence-corrected chi connectivity index (χ2v) is 6.49. The summed E-state index contributed by atoms with van der Waals surface area (Å²) >= 11 is 0. The number of hydrogen-bond acceptors (Lipinski definition) is 5. The highest BCUT2D eigenvalue weighted by atomic mass is 16.5. The molecule has 2 amide bonds. The summed E-state index contributed by atoms with van der Waals surface area (Å²) in [4.78, 5) is 36.1. The lowest BCUT2D eigenvalue weighted by Crippen LogP contribution is -2.52. The monoisotopic (exact) mass is 344 g/mol. The van der Waals surface area contributed by atoms with Crippen LogP contribution in [-0.2, 0) is 19.1 Å². The van der Waals surface area contributed by atoms with Crippen molar-refractivity contribution in [2.45, 2.75) is 66.5 Å². The van der Waals surface area contributed by atoms with Crippen molar-refractivity contribution >= 4 is 18.0 Å². The van der Waals surface area contributed by atoms with E-state index in [9.17, 15) is 14.4 Å². The number of carbonyl (C=O) groups excluding carboxylic acids is 3. The molecule has 0 spiro atoms. The van der Waals surface area contributed by atoms with Crippen molar-refractivity contribution in [2.75, 3.05) is 13.2 Å². The van der Waals surface area contributed by atoms with Crippen LogP contribution in [0.5, 0.6) is 0 Å². The lowest BCUT2D eigenvalue weighted by atomic mass is 10.0. The molecule has 0 fully saturated rings. The molecule has 0 rings (SSSR count). The van der Waals surface area contributed by atoms with Crippen LogP contribution in [0.2, 0.25) is 0 Å². The van der Waals surface area contributed by atoms with E-state index in [1.165, 1.54) is 0 Å². The van der Waals surface area contributed by atoms with E-state index in [1.54, 1.807) is 13.8 Å². The molecule has 0 aromatic heterocycles. The van der Waals surface area contributed by atoms with Gasteiger partial charge in [0.1, 0.15) is 12.1 Å². The summed E-state index contributed by atoms with van der Waals surface area (Å²) in [5.41, 5.74) is 0. The van der Waals surface area contributed by atoms with Crippen LogP contribution in [0, 0.1) is 11.8 Å². The average molecular weight is 344 g/mol. The second kappa shape index (κ2) is 11.7. The Morgan fingerprint density at radius 2 is 1.08 bits per heavy atom. The van der Waals surface area contributed by atoms with Crippen LogP contribution in [0.15, 0.2) is 0 Å². The van der Waals surface area contributed by atoms with Gasteiger partial charge in [0, 0.05) is 0 Å². The van der Waals surface area contributed by atoms with Crippen LogP contribution in [0.3, 0.4) is 0 Å². The Morgan fingerprint density at radius 3 is 1.33 bits per heavy atom. The summed E-state index contributed by atoms with van der Waals surface area (Å²) in [5, 5.41) is 5.20. The first-order valence-corrected chi connectivity index (χ1v) is 8.61. The predicted octanol–water partition coefficient (Wildman–Crippen LogP) is 2.24. The zero-order valence-corrected chi connectivity index (χ0v) is 15.7. The number of hydrogen-bond donors (Lipinski definition) is 2. The van der Waals surface area contributed by atoms with Crippen LogP contribution in [0.4, 0.5) is 4.79 Å². The SMILES string of the molecule is CCOC(=O)C(CC(C)C)NC(=O)NC(CC(C)C)C(=O)OCC. The van der Waals surface area contributed by atoms with E-state index in [0.717, 1.165) is 0 Å². The summed E-state index contributed by atoms with van der Waals surface area (Å²) in [7, 11) is 0. The molecule has 140 valence electrons. The molecule has 7 nitrogen and oxygen atoms in total. The van der Waals surface area contributed by atoms with Crippen molar-refractivity contribution in [1.82, 2.24) is 10.6 Å². The van der Waals surface area contributed by atoms with E-state index in [2.05, 4.69) is 10.6 Å². The first-order valence-electron chi connectivity index (χ1n) is 8.61.